The largest absolute Gasteiger partial charge is 0.378 e. The zero-order chi connectivity index (χ0) is 29.7. The maximum Gasteiger partial charge on any atom is 0.166 e. The minimum atomic E-state index is -0.796. The van der Waals surface area contributed by atoms with Crippen LogP contribution in [-0.4, -0.2) is 12.7 Å². The number of hydrogen-bond donors (Lipinski definition) is 0. The lowest BCUT2D eigenvalue weighted by molar-refractivity contribution is -0.00273. The predicted octanol–water partition coefficient (Wildman–Crippen LogP) is 12.0. The average molecular weight is 579 g/mol. The molecule has 0 saturated carbocycles. The zero-order valence-corrected chi connectivity index (χ0v) is 25.7. The molecule has 3 aromatic carbocycles. The highest BCUT2D eigenvalue weighted by atomic mass is 19.2. The Labute approximate surface area is 251 Å². The first kappa shape index (κ1) is 32.3. The molecule has 0 radical (unpaired) electrons. The van der Waals surface area contributed by atoms with Crippen LogP contribution in [0.25, 0.3) is 22.3 Å². The van der Waals surface area contributed by atoms with Gasteiger partial charge in [-0.1, -0.05) is 127 Å². The van der Waals surface area contributed by atoms with Crippen LogP contribution in [0.2, 0.25) is 0 Å². The van der Waals surface area contributed by atoms with Crippen molar-refractivity contribution in [3.63, 3.8) is 0 Å². The highest BCUT2D eigenvalue weighted by Crippen LogP contribution is 2.34. The fraction of sp³-hybridized carbons (Fsp3) is 0.526. The molecule has 1 aliphatic rings. The molecule has 0 amide bonds. The second-order valence-corrected chi connectivity index (χ2v) is 12.2. The van der Waals surface area contributed by atoms with Crippen LogP contribution in [0.4, 0.5) is 13.2 Å². The normalized spacial score (nSPS) is 17.1. The van der Waals surface area contributed by atoms with E-state index in [1.807, 2.05) is 24.3 Å². The minimum Gasteiger partial charge on any atom is -0.378 e. The zero-order valence-electron chi connectivity index (χ0n) is 25.7. The first-order valence-electron chi connectivity index (χ1n) is 16.5. The van der Waals surface area contributed by atoms with E-state index in [0.717, 1.165) is 55.2 Å². The number of benzene rings is 3. The maximum atomic E-state index is 15.2. The summed E-state index contributed by atoms with van der Waals surface area (Å²) in [6, 6.07) is 16.1. The summed E-state index contributed by atoms with van der Waals surface area (Å²) in [5, 5.41) is 0. The van der Waals surface area contributed by atoms with Gasteiger partial charge in [0.1, 0.15) is 5.82 Å². The number of hydrogen-bond acceptors (Lipinski definition) is 1. The molecule has 1 nitrogen and oxygen atoms in total. The van der Waals surface area contributed by atoms with Crippen molar-refractivity contribution in [2.75, 3.05) is 6.61 Å². The van der Waals surface area contributed by atoms with Gasteiger partial charge in [-0.15, -0.1) is 0 Å². The van der Waals surface area contributed by atoms with Gasteiger partial charge in [0.15, 0.2) is 11.6 Å². The van der Waals surface area contributed by atoms with Crippen LogP contribution < -0.4 is 0 Å². The van der Waals surface area contributed by atoms with Gasteiger partial charge in [-0.2, -0.15) is 0 Å². The summed E-state index contributed by atoms with van der Waals surface area (Å²) in [6.45, 7) is 4.99. The van der Waals surface area contributed by atoms with Crippen LogP contribution in [-0.2, 0) is 11.2 Å². The molecular formula is C38H49F3O. The van der Waals surface area contributed by atoms with Crippen molar-refractivity contribution in [2.24, 2.45) is 0 Å². The highest BCUT2D eigenvalue weighted by Gasteiger charge is 2.25. The lowest BCUT2D eigenvalue weighted by Crippen LogP contribution is -2.25. The smallest absolute Gasteiger partial charge is 0.166 e. The van der Waals surface area contributed by atoms with Gasteiger partial charge >= 0.3 is 0 Å². The molecule has 2 unspecified atom stereocenters. The van der Waals surface area contributed by atoms with Crippen LogP contribution in [0.5, 0.6) is 0 Å². The fourth-order valence-electron chi connectivity index (χ4n) is 6.24. The molecule has 0 bridgehead atoms. The molecule has 228 valence electrons. The Kier molecular flexibility index (Phi) is 13.0. The highest BCUT2D eigenvalue weighted by molar-refractivity contribution is 5.71. The van der Waals surface area contributed by atoms with Gasteiger partial charge in [-0.3, -0.25) is 0 Å². The molecule has 0 aliphatic carbocycles. The third-order valence-electron chi connectivity index (χ3n) is 8.93. The summed E-state index contributed by atoms with van der Waals surface area (Å²) in [5.74, 6) is -1.67. The molecule has 4 heteroatoms. The molecule has 0 aromatic heterocycles. The molecule has 3 aromatic rings. The Bertz CT molecular complexity index is 1230. The monoisotopic (exact) mass is 578 g/mol. The molecule has 4 rings (SSSR count). The van der Waals surface area contributed by atoms with Gasteiger partial charge < -0.3 is 4.74 Å². The van der Waals surface area contributed by atoms with Crippen LogP contribution in [0.3, 0.4) is 0 Å². The lowest BCUT2D eigenvalue weighted by atomic mass is 9.88. The van der Waals surface area contributed by atoms with Crippen LogP contribution in [0.15, 0.2) is 54.6 Å². The molecule has 1 fully saturated rings. The van der Waals surface area contributed by atoms with E-state index in [2.05, 4.69) is 13.8 Å². The third-order valence-corrected chi connectivity index (χ3v) is 8.93. The van der Waals surface area contributed by atoms with Crippen LogP contribution >= 0.6 is 0 Å². The molecule has 2 atom stereocenters. The summed E-state index contributed by atoms with van der Waals surface area (Å²) in [5.41, 5.74) is 3.63. The average Bonchev–Trinajstić information content (AvgIpc) is 3.01. The van der Waals surface area contributed by atoms with Gasteiger partial charge in [0.25, 0.3) is 0 Å². The molecule has 42 heavy (non-hydrogen) atoms. The number of aryl methyl sites for hydroxylation is 1. The van der Waals surface area contributed by atoms with Crippen molar-refractivity contribution in [2.45, 2.75) is 122 Å². The Morgan fingerprint density at radius 3 is 1.95 bits per heavy atom. The van der Waals surface area contributed by atoms with E-state index >= 15 is 8.78 Å². The van der Waals surface area contributed by atoms with Crippen molar-refractivity contribution in [1.29, 1.82) is 0 Å². The second-order valence-electron chi connectivity index (χ2n) is 12.2. The summed E-state index contributed by atoms with van der Waals surface area (Å²) in [6.07, 6.45) is 16.9. The van der Waals surface area contributed by atoms with E-state index in [9.17, 15) is 4.39 Å². The maximum absolute atomic E-state index is 15.2. The third kappa shape index (κ3) is 8.96. The van der Waals surface area contributed by atoms with E-state index in [-0.39, 0.29) is 17.3 Å². The predicted molar refractivity (Wildman–Crippen MR) is 169 cm³/mol. The van der Waals surface area contributed by atoms with Crippen LogP contribution in [0.1, 0.15) is 121 Å². The molecule has 0 spiro atoms. The Morgan fingerprint density at radius 1 is 0.643 bits per heavy atom. The van der Waals surface area contributed by atoms with E-state index in [4.69, 9.17) is 4.74 Å². The van der Waals surface area contributed by atoms with Crippen molar-refractivity contribution < 1.29 is 17.9 Å². The molecular weight excluding hydrogens is 529 g/mol. The summed E-state index contributed by atoms with van der Waals surface area (Å²) in [7, 11) is 0. The van der Waals surface area contributed by atoms with Gasteiger partial charge in [-0.05, 0) is 66.0 Å². The van der Waals surface area contributed by atoms with Gasteiger partial charge in [-0.25, -0.2) is 13.2 Å². The number of unbranched alkanes of at least 4 members (excludes halogenated alkanes) is 9. The van der Waals surface area contributed by atoms with Crippen molar-refractivity contribution in [3.8, 4) is 22.3 Å². The van der Waals surface area contributed by atoms with Gasteiger partial charge in [0.2, 0.25) is 0 Å². The van der Waals surface area contributed by atoms with Crippen LogP contribution in [0, 0.1) is 17.5 Å². The SMILES string of the molecule is CCCCCCCCc1ccc(-c2ccc(-c3ccc(C4CCC(CCCCCCC)OC4)c(F)c3)cc2)c(F)c1F. The minimum absolute atomic E-state index is 0.0830. The van der Waals surface area contributed by atoms with Crippen molar-refractivity contribution in [1.82, 2.24) is 0 Å². The van der Waals surface area contributed by atoms with Gasteiger partial charge in [0.05, 0.1) is 12.7 Å². The van der Waals surface area contributed by atoms with Crippen molar-refractivity contribution >= 4 is 0 Å². The summed E-state index contributed by atoms with van der Waals surface area (Å²) >= 11 is 0. The standard InChI is InChI=1S/C38H49F3O/c1-3-5-7-9-11-12-14-30-21-25-35(38(41)37(30)40)29-18-16-28(17-19-29)31-22-24-34(36(39)26-31)32-20-23-33(42-27-32)15-13-10-8-6-4-2/h16-19,21-22,24-26,32-33H,3-15,20,23,27H2,1-2H3. The molecule has 0 N–H and O–H groups in total. The summed E-state index contributed by atoms with van der Waals surface area (Å²) < 4.78 is 51.2. The number of ether oxygens (including phenoxy) is 1. The Morgan fingerprint density at radius 2 is 1.29 bits per heavy atom. The van der Waals surface area contributed by atoms with E-state index in [1.54, 1.807) is 30.3 Å². The number of halogens is 3. The Balaban J connectivity index is 1.33. The van der Waals surface area contributed by atoms with E-state index in [0.29, 0.717) is 30.3 Å². The molecule has 1 heterocycles. The molecule has 1 saturated heterocycles. The quantitative estimate of drug-likeness (QED) is 0.154. The lowest BCUT2D eigenvalue weighted by Gasteiger charge is -2.29. The Hall–Kier alpha value is -2.59. The first-order chi connectivity index (χ1) is 20.5. The topological polar surface area (TPSA) is 9.23 Å². The second kappa shape index (κ2) is 16.9. The molecule has 1 aliphatic heterocycles. The number of rotatable bonds is 16. The summed E-state index contributed by atoms with van der Waals surface area (Å²) in [4.78, 5) is 0. The first-order valence-corrected chi connectivity index (χ1v) is 16.5. The van der Waals surface area contributed by atoms with E-state index < -0.39 is 11.6 Å². The van der Waals surface area contributed by atoms with E-state index in [1.165, 1.54) is 51.4 Å². The van der Waals surface area contributed by atoms with Crippen molar-refractivity contribution in [3.05, 3.63) is 83.2 Å². The fourth-order valence-corrected chi connectivity index (χ4v) is 6.24. The van der Waals surface area contributed by atoms with Gasteiger partial charge in [0, 0.05) is 11.5 Å².